The van der Waals surface area contributed by atoms with Crippen LogP contribution in [0.2, 0.25) is 5.02 Å². The highest BCUT2D eigenvalue weighted by Crippen LogP contribution is 2.23. The Morgan fingerprint density at radius 1 is 0.862 bits per heavy atom. The predicted molar refractivity (Wildman–Crippen MR) is 134 cm³/mol. The zero-order chi connectivity index (χ0) is 20.3. The van der Waals surface area contributed by atoms with Crippen LogP contribution in [0.3, 0.4) is 0 Å². The second-order valence-electron chi connectivity index (χ2n) is 6.32. The number of anilines is 1. The molecule has 0 aliphatic heterocycles. The Balaban J connectivity index is 1.33. The smallest absolute Gasteiger partial charge is 0.170 e. The Bertz CT molecular complexity index is 902. The first-order chi connectivity index (χ1) is 14.2. The largest absolute Gasteiger partial charge is 0.362 e. The van der Waals surface area contributed by atoms with Crippen molar-refractivity contribution in [3.05, 3.63) is 95.0 Å². The third kappa shape index (κ3) is 7.94. The van der Waals surface area contributed by atoms with Crippen molar-refractivity contribution in [3.63, 3.8) is 0 Å². The average molecular weight is 459 g/mol. The van der Waals surface area contributed by atoms with Crippen LogP contribution < -0.4 is 10.6 Å². The molecule has 3 aromatic carbocycles. The molecule has 29 heavy (non-hydrogen) atoms. The Kier molecular flexibility index (Phi) is 9.22. The van der Waals surface area contributed by atoms with Crippen LogP contribution in [-0.4, -0.2) is 17.4 Å². The highest BCUT2D eigenvalue weighted by molar-refractivity contribution is 7.98. The molecule has 150 valence electrons. The maximum atomic E-state index is 6.18. The molecule has 0 fully saturated rings. The van der Waals surface area contributed by atoms with Crippen molar-refractivity contribution in [2.75, 3.05) is 17.6 Å². The van der Waals surface area contributed by atoms with Crippen molar-refractivity contribution in [1.29, 1.82) is 0 Å². The van der Waals surface area contributed by atoms with Gasteiger partial charge in [-0.15, -0.1) is 11.8 Å². The molecule has 3 aromatic rings. The molecule has 2 nitrogen and oxygen atoms in total. The SMILES string of the molecule is S=C(NCCSCc1ccccc1Cl)Nc1ccc(CSc2ccccc2)cc1. The molecular weight excluding hydrogens is 436 g/mol. The highest BCUT2D eigenvalue weighted by Gasteiger charge is 2.01. The molecule has 0 heterocycles. The third-order valence-corrected chi connectivity index (χ3v) is 6.81. The van der Waals surface area contributed by atoms with E-state index in [2.05, 4.69) is 65.2 Å². The number of benzene rings is 3. The van der Waals surface area contributed by atoms with E-state index in [1.807, 2.05) is 47.8 Å². The Hall–Kier alpha value is -1.66. The topological polar surface area (TPSA) is 24.1 Å². The molecule has 3 rings (SSSR count). The van der Waals surface area contributed by atoms with E-state index in [0.717, 1.165) is 34.5 Å². The summed E-state index contributed by atoms with van der Waals surface area (Å²) in [7, 11) is 0. The van der Waals surface area contributed by atoms with Gasteiger partial charge in [0.2, 0.25) is 0 Å². The first-order valence-corrected chi connectivity index (χ1v) is 12.3. The fourth-order valence-corrected chi connectivity index (χ4v) is 4.82. The number of rotatable bonds is 9. The number of hydrogen-bond acceptors (Lipinski definition) is 3. The Labute approximate surface area is 191 Å². The van der Waals surface area contributed by atoms with Crippen molar-refractivity contribution < 1.29 is 0 Å². The summed E-state index contributed by atoms with van der Waals surface area (Å²) in [5, 5.41) is 7.98. The lowest BCUT2D eigenvalue weighted by molar-refractivity contribution is 0.990. The molecule has 0 unspecified atom stereocenters. The summed E-state index contributed by atoms with van der Waals surface area (Å²) in [6.07, 6.45) is 0. The molecule has 2 N–H and O–H groups in total. The van der Waals surface area contributed by atoms with Crippen LogP contribution in [-0.2, 0) is 11.5 Å². The molecule has 6 heteroatoms. The van der Waals surface area contributed by atoms with Gasteiger partial charge in [-0.05, 0) is 53.7 Å². The first-order valence-electron chi connectivity index (χ1n) is 9.33. The summed E-state index contributed by atoms with van der Waals surface area (Å²) in [6.45, 7) is 0.812. The molecule has 0 spiro atoms. The zero-order valence-corrected chi connectivity index (χ0v) is 19.1. The summed E-state index contributed by atoms with van der Waals surface area (Å²) in [6, 6.07) is 26.8. The van der Waals surface area contributed by atoms with Gasteiger partial charge in [-0.25, -0.2) is 0 Å². The predicted octanol–water partition coefficient (Wildman–Crippen LogP) is 6.85. The molecule has 0 saturated carbocycles. The van der Waals surface area contributed by atoms with E-state index in [-0.39, 0.29) is 0 Å². The molecule has 0 radical (unpaired) electrons. The zero-order valence-electron chi connectivity index (χ0n) is 15.9. The molecule has 0 aliphatic rings. The quantitative estimate of drug-likeness (QED) is 0.207. The van der Waals surface area contributed by atoms with Gasteiger partial charge in [0.15, 0.2) is 5.11 Å². The minimum atomic E-state index is 0.648. The van der Waals surface area contributed by atoms with Gasteiger partial charge in [0.1, 0.15) is 0 Å². The van der Waals surface area contributed by atoms with E-state index in [0.29, 0.717) is 5.11 Å². The van der Waals surface area contributed by atoms with E-state index < -0.39 is 0 Å². The van der Waals surface area contributed by atoms with Crippen molar-refractivity contribution in [2.24, 2.45) is 0 Å². The molecule has 0 saturated heterocycles. The van der Waals surface area contributed by atoms with Crippen LogP contribution in [0.5, 0.6) is 0 Å². The normalized spacial score (nSPS) is 10.5. The maximum absolute atomic E-state index is 6.18. The van der Waals surface area contributed by atoms with Gasteiger partial charge in [-0.3, -0.25) is 0 Å². The Morgan fingerprint density at radius 2 is 1.59 bits per heavy atom. The Morgan fingerprint density at radius 3 is 2.34 bits per heavy atom. The van der Waals surface area contributed by atoms with Crippen LogP contribution in [0.1, 0.15) is 11.1 Å². The second kappa shape index (κ2) is 12.1. The lowest BCUT2D eigenvalue weighted by Gasteiger charge is -2.11. The number of hydrogen-bond donors (Lipinski definition) is 2. The van der Waals surface area contributed by atoms with Gasteiger partial charge in [0, 0.05) is 39.4 Å². The fourth-order valence-electron chi connectivity index (χ4n) is 2.58. The summed E-state index contributed by atoms with van der Waals surface area (Å²) in [4.78, 5) is 1.28. The lowest BCUT2D eigenvalue weighted by atomic mass is 10.2. The summed E-state index contributed by atoms with van der Waals surface area (Å²) < 4.78 is 0. The van der Waals surface area contributed by atoms with Gasteiger partial charge >= 0.3 is 0 Å². The average Bonchev–Trinajstić information content (AvgIpc) is 2.75. The molecule has 0 aromatic heterocycles. The number of nitrogens with one attached hydrogen (secondary N) is 2. The van der Waals surface area contributed by atoms with Crippen LogP contribution in [0.4, 0.5) is 5.69 Å². The van der Waals surface area contributed by atoms with Crippen LogP contribution in [0.25, 0.3) is 0 Å². The minimum Gasteiger partial charge on any atom is -0.362 e. The van der Waals surface area contributed by atoms with Gasteiger partial charge < -0.3 is 10.6 Å². The van der Waals surface area contributed by atoms with Crippen molar-refractivity contribution in [1.82, 2.24) is 5.32 Å². The van der Waals surface area contributed by atoms with Crippen LogP contribution in [0.15, 0.2) is 83.8 Å². The van der Waals surface area contributed by atoms with Gasteiger partial charge in [-0.2, -0.15) is 11.8 Å². The molecule has 0 atom stereocenters. The minimum absolute atomic E-state index is 0.648. The van der Waals surface area contributed by atoms with Crippen LogP contribution >= 0.6 is 47.3 Å². The van der Waals surface area contributed by atoms with E-state index in [4.69, 9.17) is 23.8 Å². The van der Waals surface area contributed by atoms with E-state index >= 15 is 0 Å². The summed E-state index contributed by atoms with van der Waals surface area (Å²) in [5.74, 6) is 2.82. The standard InChI is InChI=1S/C23H23ClN2S3/c24-22-9-5-4-6-19(22)17-28-15-14-25-23(27)26-20-12-10-18(11-13-20)16-29-21-7-2-1-3-8-21/h1-13H,14-17H2,(H2,25,26,27). The van der Waals surface area contributed by atoms with Gasteiger partial charge in [0.05, 0.1) is 0 Å². The van der Waals surface area contributed by atoms with Crippen molar-refractivity contribution >= 4 is 58.1 Å². The van der Waals surface area contributed by atoms with E-state index in [1.165, 1.54) is 16.0 Å². The number of thiocarbonyl (C=S) groups is 1. The van der Waals surface area contributed by atoms with Gasteiger partial charge in [-0.1, -0.05) is 60.1 Å². The number of thioether (sulfide) groups is 2. The van der Waals surface area contributed by atoms with Crippen molar-refractivity contribution in [3.8, 4) is 0 Å². The fraction of sp³-hybridized carbons (Fsp3) is 0.174. The second-order valence-corrected chi connectivity index (χ2v) is 9.29. The van der Waals surface area contributed by atoms with E-state index in [1.54, 1.807) is 0 Å². The lowest BCUT2D eigenvalue weighted by Crippen LogP contribution is -2.30. The van der Waals surface area contributed by atoms with E-state index in [9.17, 15) is 0 Å². The summed E-state index contributed by atoms with van der Waals surface area (Å²) in [5.41, 5.74) is 3.46. The monoisotopic (exact) mass is 458 g/mol. The van der Waals surface area contributed by atoms with Crippen molar-refractivity contribution in [2.45, 2.75) is 16.4 Å². The molecule has 0 amide bonds. The first kappa shape index (κ1) is 22.0. The third-order valence-electron chi connectivity index (χ3n) is 4.11. The van der Waals surface area contributed by atoms with Gasteiger partial charge in [0.25, 0.3) is 0 Å². The molecular formula is C23H23ClN2S3. The molecule has 0 aliphatic carbocycles. The number of halogens is 1. The van der Waals surface area contributed by atoms with Crippen LogP contribution in [0, 0.1) is 0 Å². The highest BCUT2D eigenvalue weighted by atomic mass is 35.5. The summed E-state index contributed by atoms with van der Waals surface area (Å²) >= 11 is 15.2. The molecule has 0 bridgehead atoms. The maximum Gasteiger partial charge on any atom is 0.170 e.